The summed E-state index contributed by atoms with van der Waals surface area (Å²) in [4.78, 5) is 14.5. The van der Waals surface area contributed by atoms with Gasteiger partial charge in [0.05, 0.1) is 5.69 Å². The molecule has 0 spiro atoms. The predicted octanol–water partition coefficient (Wildman–Crippen LogP) is 1.66. The Bertz CT molecular complexity index is 255. The van der Waals surface area contributed by atoms with Crippen molar-refractivity contribution in [3.05, 3.63) is 29.6 Å². The highest BCUT2D eigenvalue weighted by Crippen LogP contribution is 2.13. The predicted molar refractivity (Wildman–Crippen MR) is 43.1 cm³/mol. The lowest BCUT2D eigenvalue weighted by Crippen LogP contribution is -1.97. The molecule has 0 unspecified atom stereocenters. The van der Waals surface area contributed by atoms with Gasteiger partial charge in [0.15, 0.2) is 0 Å². The van der Waals surface area contributed by atoms with Gasteiger partial charge in [-0.1, -0.05) is 13.8 Å². The Morgan fingerprint density at radius 3 is 2.73 bits per heavy atom. The molecule has 11 heavy (non-hydrogen) atoms. The summed E-state index contributed by atoms with van der Waals surface area (Å²) in [6, 6.07) is 3.47. The van der Waals surface area contributed by atoms with Gasteiger partial charge >= 0.3 is 0 Å². The fourth-order valence-corrected chi connectivity index (χ4v) is 0.964. The van der Waals surface area contributed by atoms with Gasteiger partial charge in [-0.3, -0.25) is 9.78 Å². The van der Waals surface area contributed by atoms with Gasteiger partial charge in [0.1, 0.15) is 0 Å². The second-order valence-corrected chi connectivity index (χ2v) is 2.69. The van der Waals surface area contributed by atoms with Crippen LogP contribution in [-0.2, 0) is 4.79 Å². The van der Waals surface area contributed by atoms with Crippen LogP contribution in [0.2, 0.25) is 0 Å². The van der Waals surface area contributed by atoms with Crippen LogP contribution in [0.15, 0.2) is 18.3 Å². The molecule has 0 saturated heterocycles. The van der Waals surface area contributed by atoms with Gasteiger partial charge in [-0.15, -0.1) is 0 Å². The highest BCUT2D eigenvalue weighted by molar-refractivity contribution is 5.76. The highest BCUT2D eigenvalue weighted by atomic mass is 16.1. The maximum absolute atomic E-state index is 10.4. The lowest BCUT2D eigenvalue weighted by Gasteiger charge is -2.04. The lowest BCUT2D eigenvalue weighted by molar-refractivity contribution is 0.561. The zero-order valence-electron chi connectivity index (χ0n) is 6.66. The monoisotopic (exact) mass is 148 g/mol. The number of rotatable bonds is 2. The molecule has 57 valence electrons. The summed E-state index contributed by atoms with van der Waals surface area (Å²) >= 11 is 0. The van der Waals surface area contributed by atoms with Crippen LogP contribution in [0, 0.1) is 0 Å². The topological polar surface area (TPSA) is 30.0 Å². The van der Waals surface area contributed by atoms with E-state index in [9.17, 15) is 4.79 Å². The summed E-state index contributed by atoms with van der Waals surface area (Å²) in [5.74, 6) is 0.285. The van der Waals surface area contributed by atoms with E-state index in [4.69, 9.17) is 0 Å². The van der Waals surface area contributed by atoms with Crippen LogP contribution in [0.25, 0.3) is 0 Å². The number of hydrogen-bond acceptors (Lipinski definition) is 2. The van der Waals surface area contributed by atoms with Crippen molar-refractivity contribution in [1.29, 1.82) is 0 Å². The van der Waals surface area contributed by atoms with E-state index in [0.29, 0.717) is 5.56 Å². The van der Waals surface area contributed by atoms with E-state index in [0.717, 1.165) is 5.69 Å². The Kier molecular flexibility index (Phi) is 2.36. The van der Waals surface area contributed by atoms with Crippen LogP contribution in [0.3, 0.4) is 0 Å². The second-order valence-electron chi connectivity index (χ2n) is 2.69. The molecule has 2 heteroatoms. The van der Waals surface area contributed by atoms with Crippen LogP contribution in [0.5, 0.6) is 0 Å². The number of carbonyl (C=O) groups excluding carboxylic acids is 1. The molecule has 1 rings (SSSR count). The number of aromatic nitrogens is 1. The molecule has 1 aromatic rings. The van der Waals surface area contributed by atoms with Gasteiger partial charge in [-0.05, 0) is 18.1 Å². The quantitative estimate of drug-likeness (QED) is 0.638. The molecule has 1 aromatic heterocycles. The van der Waals surface area contributed by atoms with Crippen molar-refractivity contribution < 1.29 is 4.79 Å². The fraction of sp³-hybridized carbons (Fsp3) is 0.333. The maximum Gasteiger partial charge on any atom is 0.235 e. The van der Waals surface area contributed by atoms with Crippen molar-refractivity contribution >= 4 is 6.29 Å². The van der Waals surface area contributed by atoms with E-state index in [-0.39, 0.29) is 5.92 Å². The van der Waals surface area contributed by atoms with E-state index in [1.807, 2.05) is 20.1 Å². The summed E-state index contributed by atoms with van der Waals surface area (Å²) in [5, 5.41) is 0. The molecule has 0 aliphatic heterocycles. The molecule has 0 atom stereocenters. The van der Waals surface area contributed by atoms with Crippen LogP contribution in [-0.4, -0.2) is 11.3 Å². The van der Waals surface area contributed by atoms with Gasteiger partial charge in [0.25, 0.3) is 0 Å². The molecule has 0 amide bonds. The molecule has 0 aliphatic carbocycles. The molecular weight excluding hydrogens is 138 g/mol. The molecule has 1 radical (unpaired) electrons. The Morgan fingerprint density at radius 2 is 2.27 bits per heavy atom. The number of nitrogens with zero attached hydrogens (tertiary/aromatic N) is 1. The summed E-state index contributed by atoms with van der Waals surface area (Å²) in [7, 11) is 0. The average molecular weight is 148 g/mol. The molecule has 1 heterocycles. The smallest absolute Gasteiger partial charge is 0.235 e. The van der Waals surface area contributed by atoms with Crippen molar-refractivity contribution in [3.8, 4) is 0 Å². The van der Waals surface area contributed by atoms with Gasteiger partial charge in [-0.2, -0.15) is 0 Å². The van der Waals surface area contributed by atoms with E-state index < -0.39 is 0 Å². The third kappa shape index (κ3) is 1.64. The van der Waals surface area contributed by atoms with Crippen LogP contribution < -0.4 is 0 Å². The molecule has 0 saturated carbocycles. The van der Waals surface area contributed by atoms with Gasteiger partial charge in [0, 0.05) is 11.8 Å². The third-order valence-corrected chi connectivity index (χ3v) is 1.50. The molecule has 0 fully saturated rings. The summed E-state index contributed by atoms with van der Waals surface area (Å²) in [6.45, 7) is 4.01. The first-order valence-corrected chi connectivity index (χ1v) is 3.58. The first-order chi connectivity index (χ1) is 5.25. The molecule has 0 N–H and O–H groups in total. The van der Waals surface area contributed by atoms with E-state index in [1.54, 1.807) is 18.3 Å². The lowest BCUT2D eigenvalue weighted by atomic mass is 10.1. The van der Waals surface area contributed by atoms with E-state index in [2.05, 4.69) is 4.98 Å². The fourth-order valence-electron chi connectivity index (χ4n) is 0.964. The average Bonchev–Trinajstić information content (AvgIpc) is 2.04. The standard InChI is InChI=1S/C9H10NO/c1-7(2)9-8(6-11)4-3-5-10-9/h3-5,7H,1-2H3. The number of hydrogen-bond donors (Lipinski definition) is 0. The Labute approximate surface area is 66.3 Å². The summed E-state index contributed by atoms with van der Waals surface area (Å²) in [5.41, 5.74) is 1.39. The van der Waals surface area contributed by atoms with Gasteiger partial charge in [0.2, 0.25) is 6.29 Å². The third-order valence-electron chi connectivity index (χ3n) is 1.50. The minimum Gasteiger partial charge on any atom is -0.285 e. The van der Waals surface area contributed by atoms with Crippen molar-refractivity contribution in [3.63, 3.8) is 0 Å². The van der Waals surface area contributed by atoms with Crippen molar-refractivity contribution in [1.82, 2.24) is 4.98 Å². The zero-order valence-corrected chi connectivity index (χ0v) is 6.66. The van der Waals surface area contributed by atoms with Crippen LogP contribution in [0.1, 0.15) is 31.0 Å². The van der Waals surface area contributed by atoms with Crippen molar-refractivity contribution in [2.24, 2.45) is 0 Å². The van der Waals surface area contributed by atoms with Gasteiger partial charge in [-0.25, -0.2) is 0 Å². The first-order valence-electron chi connectivity index (χ1n) is 3.58. The molecule has 0 bridgehead atoms. The molecular formula is C9H10NO. The highest BCUT2D eigenvalue weighted by Gasteiger charge is 2.05. The number of pyridine rings is 1. The molecule has 0 aromatic carbocycles. The van der Waals surface area contributed by atoms with Gasteiger partial charge < -0.3 is 0 Å². The minimum absolute atomic E-state index is 0.285. The largest absolute Gasteiger partial charge is 0.285 e. The Morgan fingerprint density at radius 1 is 1.55 bits per heavy atom. The minimum atomic E-state index is 0.285. The van der Waals surface area contributed by atoms with Crippen LogP contribution >= 0.6 is 0 Å². The van der Waals surface area contributed by atoms with E-state index >= 15 is 0 Å². The molecule has 2 nitrogen and oxygen atoms in total. The molecule has 0 aliphatic rings. The Balaban J connectivity index is 3.12. The van der Waals surface area contributed by atoms with Crippen molar-refractivity contribution in [2.75, 3.05) is 0 Å². The summed E-state index contributed by atoms with van der Waals surface area (Å²) < 4.78 is 0. The van der Waals surface area contributed by atoms with E-state index in [1.165, 1.54) is 0 Å². The first kappa shape index (κ1) is 7.92. The Hall–Kier alpha value is -1.18. The maximum atomic E-state index is 10.4. The summed E-state index contributed by atoms with van der Waals surface area (Å²) in [6.07, 6.45) is 3.56. The SMILES string of the molecule is CC(C)c1ncccc1[C]=O. The van der Waals surface area contributed by atoms with Crippen LogP contribution in [0.4, 0.5) is 0 Å². The second kappa shape index (κ2) is 3.28. The normalized spacial score (nSPS) is 10.1. The zero-order chi connectivity index (χ0) is 8.27. The van der Waals surface area contributed by atoms with Crippen molar-refractivity contribution in [2.45, 2.75) is 19.8 Å².